The Bertz CT molecular complexity index is 334. The highest BCUT2D eigenvalue weighted by atomic mass is 16.6. The molecule has 6 nitrogen and oxygen atoms in total. The molecule has 1 aliphatic heterocycles. The van der Waals surface area contributed by atoms with Crippen LogP contribution in [0.25, 0.3) is 0 Å². The van der Waals surface area contributed by atoms with Gasteiger partial charge in [0.2, 0.25) is 5.91 Å². The van der Waals surface area contributed by atoms with Gasteiger partial charge in [0.05, 0.1) is 19.3 Å². The third-order valence-corrected chi connectivity index (χ3v) is 3.09. The molecule has 1 aliphatic rings. The molecule has 18 heavy (non-hydrogen) atoms. The van der Waals surface area contributed by atoms with Crippen LogP contribution in [0.1, 0.15) is 33.6 Å². The minimum Gasteiger partial charge on any atom is -0.465 e. The predicted molar refractivity (Wildman–Crippen MR) is 62.5 cm³/mol. The van der Waals surface area contributed by atoms with Crippen LogP contribution in [-0.2, 0) is 23.9 Å². The second-order valence-electron chi connectivity index (χ2n) is 4.30. The topological polar surface area (TPSA) is 81.7 Å². The Morgan fingerprint density at radius 1 is 1.28 bits per heavy atom. The van der Waals surface area contributed by atoms with Crippen molar-refractivity contribution in [3.63, 3.8) is 0 Å². The van der Waals surface area contributed by atoms with Crippen molar-refractivity contribution in [3.8, 4) is 0 Å². The van der Waals surface area contributed by atoms with E-state index in [4.69, 9.17) is 9.47 Å². The van der Waals surface area contributed by atoms with E-state index in [2.05, 4.69) is 5.32 Å². The van der Waals surface area contributed by atoms with Crippen LogP contribution in [0.3, 0.4) is 0 Å². The second-order valence-corrected chi connectivity index (χ2v) is 4.30. The van der Waals surface area contributed by atoms with E-state index in [0.717, 1.165) is 0 Å². The predicted octanol–water partition coefficient (Wildman–Crippen LogP) is 0.398. The maximum atomic E-state index is 12.0. The Kier molecular flexibility index (Phi) is 4.69. The SMILES string of the molecule is CCOC(=O)C(C)(C(=O)OCC)C1CCC(=O)N1. The van der Waals surface area contributed by atoms with Gasteiger partial charge in [0.1, 0.15) is 0 Å². The van der Waals surface area contributed by atoms with Gasteiger partial charge in [-0.15, -0.1) is 0 Å². The van der Waals surface area contributed by atoms with Crippen molar-refractivity contribution in [3.05, 3.63) is 0 Å². The third kappa shape index (κ3) is 2.63. The quantitative estimate of drug-likeness (QED) is 0.569. The maximum absolute atomic E-state index is 12.0. The van der Waals surface area contributed by atoms with Gasteiger partial charge in [-0.05, 0) is 27.2 Å². The molecule has 1 amide bonds. The Balaban J connectivity index is 2.96. The number of hydrogen-bond acceptors (Lipinski definition) is 5. The summed E-state index contributed by atoms with van der Waals surface area (Å²) in [5.74, 6) is -1.48. The number of hydrogen-bond donors (Lipinski definition) is 1. The summed E-state index contributed by atoms with van der Waals surface area (Å²) in [6.45, 7) is 5.13. The molecular formula is C12H19NO5. The zero-order valence-corrected chi connectivity index (χ0v) is 10.9. The van der Waals surface area contributed by atoms with Gasteiger partial charge in [-0.2, -0.15) is 0 Å². The fourth-order valence-electron chi connectivity index (χ4n) is 1.98. The number of carbonyl (C=O) groups is 3. The highest BCUT2D eigenvalue weighted by molar-refractivity contribution is 6.01. The minimum atomic E-state index is -1.47. The number of ether oxygens (including phenoxy) is 2. The lowest BCUT2D eigenvalue weighted by Crippen LogP contribution is -2.52. The normalized spacial score (nSPS) is 19.3. The Labute approximate surface area is 106 Å². The Hall–Kier alpha value is -1.59. The fraction of sp³-hybridized carbons (Fsp3) is 0.750. The molecule has 0 aliphatic carbocycles. The first kappa shape index (κ1) is 14.5. The fourth-order valence-corrected chi connectivity index (χ4v) is 1.98. The van der Waals surface area contributed by atoms with Crippen molar-refractivity contribution in [1.29, 1.82) is 0 Å². The summed E-state index contributed by atoms with van der Waals surface area (Å²) >= 11 is 0. The van der Waals surface area contributed by atoms with E-state index in [0.29, 0.717) is 12.8 Å². The molecular weight excluding hydrogens is 238 g/mol. The van der Waals surface area contributed by atoms with Crippen LogP contribution in [0, 0.1) is 5.41 Å². The highest BCUT2D eigenvalue weighted by Crippen LogP contribution is 2.31. The molecule has 1 rings (SSSR count). The largest absolute Gasteiger partial charge is 0.465 e. The summed E-state index contributed by atoms with van der Waals surface area (Å²) in [5.41, 5.74) is -1.47. The number of esters is 2. The molecule has 0 aromatic heterocycles. The summed E-state index contributed by atoms with van der Waals surface area (Å²) in [5, 5.41) is 2.63. The minimum absolute atomic E-state index is 0.167. The zero-order valence-electron chi connectivity index (χ0n) is 10.9. The molecule has 0 aromatic carbocycles. The van der Waals surface area contributed by atoms with Crippen LogP contribution in [-0.4, -0.2) is 37.1 Å². The number of nitrogens with one attached hydrogen (secondary N) is 1. The average molecular weight is 257 g/mol. The van der Waals surface area contributed by atoms with Gasteiger partial charge < -0.3 is 14.8 Å². The van der Waals surface area contributed by atoms with Crippen molar-refractivity contribution in [1.82, 2.24) is 5.32 Å². The smallest absolute Gasteiger partial charge is 0.325 e. The van der Waals surface area contributed by atoms with Gasteiger partial charge in [0, 0.05) is 6.42 Å². The summed E-state index contributed by atoms with van der Waals surface area (Å²) < 4.78 is 9.86. The van der Waals surface area contributed by atoms with Crippen LogP contribution in [0.4, 0.5) is 0 Å². The number of amides is 1. The molecule has 0 radical (unpaired) electrons. The van der Waals surface area contributed by atoms with E-state index < -0.39 is 23.4 Å². The van der Waals surface area contributed by atoms with Gasteiger partial charge in [0.25, 0.3) is 0 Å². The van der Waals surface area contributed by atoms with E-state index in [1.54, 1.807) is 13.8 Å². The first-order valence-electron chi connectivity index (χ1n) is 6.10. The van der Waals surface area contributed by atoms with Crippen LogP contribution in [0.5, 0.6) is 0 Å². The summed E-state index contributed by atoms with van der Waals surface area (Å²) in [6, 6.07) is -0.567. The van der Waals surface area contributed by atoms with Gasteiger partial charge in [0.15, 0.2) is 5.41 Å². The van der Waals surface area contributed by atoms with E-state index in [9.17, 15) is 14.4 Å². The molecule has 0 bridgehead atoms. The number of rotatable bonds is 5. The molecule has 0 spiro atoms. The molecule has 1 atom stereocenters. The third-order valence-electron chi connectivity index (χ3n) is 3.09. The Morgan fingerprint density at radius 3 is 2.11 bits per heavy atom. The summed E-state index contributed by atoms with van der Waals surface area (Å²) in [7, 11) is 0. The van der Waals surface area contributed by atoms with Crippen molar-refractivity contribution in [2.24, 2.45) is 5.41 Å². The molecule has 1 heterocycles. The monoisotopic (exact) mass is 257 g/mol. The van der Waals surface area contributed by atoms with Gasteiger partial charge in [-0.1, -0.05) is 0 Å². The molecule has 102 valence electrons. The molecule has 1 N–H and O–H groups in total. The van der Waals surface area contributed by atoms with E-state index in [1.165, 1.54) is 6.92 Å². The summed E-state index contributed by atoms with van der Waals surface area (Å²) in [6.07, 6.45) is 0.728. The summed E-state index contributed by atoms with van der Waals surface area (Å²) in [4.78, 5) is 35.2. The van der Waals surface area contributed by atoms with Crippen LogP contribution < -0.4 is 5.32 Å². The van der Waals surface area contributed by atoms with Gasteiger partial charge >= 0.3 is 11.9 Å². The first-order chi connectivity index (χ1) is 8.46. The standard InChI is InChI=1S/C12H19NO5/c1-4-17-10(15)12(3,11(16)18-5-2)8-6-7-9(14)13-8/h8H,4-7H2,1-3H3,(H,13,14). The van der Waals surface area contributed by atoms with Crippen molar-refractivity contribution < 1.29 is 23.9 Å². The number of carbonyl (C=O) groups excluding carboxylic acids is 3. The van der Waals surface area contributed by atoms with Gasteiger partial charge in [-0.25, -0.2) is 0 Å². The molecule has 6 heteroatoms. The maximum Gasteiger partial charge on any atom is 0.325 e. The molecule has 0 saturated carbocycles. The van der Waals surface area contributed by atoms with E-state index in [-0.39, 0.29) is 19.1 Å². The van der Waals surface area contributed by atoms with Gasteiger partial charge in [-0.3, -0.25) is 14.4 Å². The van der Waals surface area contributed by atoms with Crippen molar-refractivity contribution in [2.45, 2.75) is 39.7 Å². The molecule has 1 saturated heterocycles. The van der Waals surface area contributed by atoms with Crippen molar-refractivity contribution >= 4 is 17.8 Å². The molecule has 1 fully saturated rings. The zero-order chi connectivity index (χ0) is 13.8. The lowest BCUT2D eigenvalue weighted by molar-refractivity contribution is -0.172. The van der Waals surface area contributed by atoms with Crippen LogP contribution in [0.15, 0.2) is 0 Å². The lowest BCUT2D eigenvalue weighted by atomic mass is 9.81. The van der Waals surface area contributed by atoms with E-state index >= 15 is 0 Å². The second kappa shape index (κ2) is 5.84. The van der Waals surface area contributed by atoms with Crippen LogP contribution in [0.2, 0.25) is 0 Å². The molecule has 0 aromatic rings. The average Bonchev–Trinajstić information content (AvgIpc) is 2.75. The lowest BCUT2D eigenvalue weighted by Gasteiger charge is -2.30. The van der Waals surface area contributed by atoms with Crippen molar-refractivity contribution in [2.75, 3.05) is 13.2 Å². The Morgan fingerprint density at radius 2 is 1.78 bits per heavy atom. The van der Waals surface area contributed by atoms with E-state index in [1.807, 2.05) is 0 Å². The highest BCUT2D eigenvalue weighted by Gasteiger charge is 2.53. The molecule has 1 unspecified atom stereocenters. The van der Waals surface area contributed by atoms with Crippen LogP contribution >= 0.6 is 0 Å². The first-order valence-corrected chi connectivity index (χ1v) is 6.10.